The van der Waals surface area contributed by atoms with E-state index in [2.05, 4.69) is 0 Å². The van der Waals surface area contributed by atoms with Crippen molar-refractivity contribution in [3.05, 3.63) is 17.9 Å². The molecule has 0 bridgehead atoms. The molecule has 104 valence electrons. The van der Waals surface area contributed by atoms with Crippen molar-refractivity contribution in [2.24, 2.45) is 0 Å². The molecule has 1 aliphatic heterocycles. The summed E-state index contributed by atoms with van der Waals surface area (Å²) in [5.41, 5.74) is 6.99. The molecule has 1 aromatic rings. The van der Waals surface area contributed by atoms with Gasteiger partial charge in [-0.25, -0.2) is 4.39 Å². The number of ether oxygens (including phenoxy) is 1. The van der Waals surface area contributed by atoms with Crippen molar-refractivity contribution in [2.45, 2.75) is 6.92 Å². The van der Waals surface area contributed by atoms with E-state index < -0.39 is 5.82 Å². The van der Waals surface area contributed by atoms with Crippen LogP contribution >= 0.6 is 0 Å². The topological polar surface area (TPSA) is 58.8 Å². The van der Waals surface area contributed by atoms with E-state index in [1.807, 2.05) is 4.90 Å². The summed E-state index contributed by atoms with van der Waals surface area (Å²) in [5, 5.41) is 0. The first kappa shape index (κ1) is 13.5. The number of amides is 1. The van der Waals surface area contributed by atoms with Crippen LogP contribution < -0.4 is 15.4 Å². The van der Waals surface area contributed by atoms with Gasteiger partial charge in [-0.05, 0) is 0 Å². The second-order valence-electron chi connectivity index (χ2n) is 4.54. The maximum absolute atomic E-state index is 13.5. The van der Waals surface area contributed by atoms with Crippen LogP contribution in [0.1, 0.15) is 6.92 Å². The van der Waals surface area contributed by atoms with Gasteiger partial charge in [0.25, 0.3) is 0 Å². The molecule has 1 heterocycles. The number of methoxy groups -OCH3 is 1. The van der Waals surface area contributed by atoms with Crippen molar-refractivity contribution >= 4 is 17.3 Å². The molecule has 5 nitrogen and oxygen atoms in total. The van der Waals surface area contributed by atoms with Crippen molar-refractivity contribution in [1.82, 2.24) is 4.90 Å². The van der Waals surface area contributed by atoms with E-state index in [-0.39, 0.29) is 11.7 Å². The zero-order valence-corrected chi connectivity index (χ0v) is 11.1. The number of anilines is 2. The quantitative estimate of drug-likeness (QED) is 0.815. The molecule has 0 atom stereocenters. The number of carbonyl (C=O) groups is 1. The van der Waals surface area contributed by atoms with Crippen LogP contribution in [-0.2, 0) is 4.79 Å². The lowest BCUT2D eigenvalue weighted by Gasteiger charge is -2.36. The van der Waals surface area contributed by atoms with E-state index in [9.17, 15) is 9.18 Å². The highest BCUT2D eigenvalue weighted by Gasteiger charge is 2.21. The maximum Gasteiger partial charge on any atom is 0.219 e. The first-order valence-electron chi connectivity index (χ1n) is 6.16. The highest BCUT2D eigenvalue weighted by Crippen LogP contribution is 2.31. The van der Waals surface area contributed by atoms with Crippen molar-refractivity contribution in [1.29, 1.82) is 0 Å². The van der Waals surface area contributed by atoms with Crippen LogP contribution in [0.5, 0.6) is 5.75 Å². The predicted molar refractivity (Wildman–Crippen MR) is 71.8 cm³/mol. The number of carbonyl (C=O) groups excluding carboxylic acids is 1. The van der Waals surface area contributed by atoms with E-state index in [4.69, 9.17) is 10.5 Å². The number of nitrogens with zero attached hydrogens (tertiary/aromatic N) is 2. The monoisotopic (exact) mass is 267 g/mol. The zero-order chi connectivity index (χ0) is 14.0. The van der Waals surface area contributed by atoms with Gasteiger partial charge in [0.05, 0.1) is 18.5 Å². The third kappa shape index (κ3) is 2.72. The van der Waals surface area contributed by atoms with Gasteiger partial charge >= 0.3 is 0 Å². The number of benzene rings is 1. The summed E-state index contributed by atoms with van der Waals surface area (Å²) in [6.07, 6.45) is 0. The first-order chi connectivity index (χ1) is 9.02. The Balaban J connectivity index is 2.17. The summed E-state index contributed by atoms with van der Waals surface area (Å²) in [6.45, 7) is 4.21. The summed E-state index contributed by atoms with van der Waals surface area (Å²) in [4.78, 5) is 15.1. The molecule has 0 aromatic heterocycles. The van der Waals surface area contributed by atoms with Gasteiger partial charge in [0.15, 0.2) is 11.6 Å². The molecule has 0 unspecified atom stereocenters. The highest BCUT2D eigenvalue weighted by atomic mass is 19.1. The lowest BCUT2D eigenvalue weighted by atomic mass is 10.2. The third-order valence-electron chi connectivity index (χ3n) is 3.37. The number of hydrogen-bond donors (Lipinski definition) is 1. The van der Waals surface area contributed by atoms with Gasteiger partial charge in [0.1, 0.15) is 0 Å². The molecule has 0 aliphatic carbocycles. The summed E-state index contributed by atoms with van der Waals surface area (Å²) in [6, 6.07) is 2.87. The number of nitrogens with two attached hydrogens (primary N) is 1. The predicted octanol–water partition coefficient (Wildman–Crippen LogP) is 1.08. The van der Waals surface area contributed by atoms with E-state index in [1.54, 1.807) is 17.9 Å². The van der Waals surface area contributed by atoms with Crippen LogP contribution in [0.2, 0.25) is 0 Å². The normalized spacial score (nSPS) is 15.5. The Morgan fingerprint density at radius 1 is 1.32 bits per heavy atom. The van der Waals surface area contributed by atoms with Crippen molar-refractivity contribution < 1.29 is 13.9 Å². The second-order valence-corrected chi connectivity index (χ2v) is 4.54. The Labute approximate surface area is 111 Å². The van der Waals surface area contributed by atoms with Gasteiger partial charge < -0.3 is 20.3 Å². The Morgan fingerprint density at radius 2 is 1.95 bits per heavy atom. The van der Waals surface area contributed by atoms with E-state index in [0.29, 0.717) is 31.9 Å². The molecule has 19 heavy (non-hydrogen) atoms. The molecule has 1 amide bonds. The summed E-state index contributed by atoms with van der Waals surface area (Å²) in [5.74, 6) is -0.214. The number of piperazine rings is 1. The molecule has 1 aromatic carbocycles. The van der Waals surface area contributed by atoms with Crippen LogP contribution in [0, 0.1) is 5.82 Å². The molecule has 1 saturated heterocycles. The van der Waals surface area contributed by atoms with Gasteiger partial charge in [-0.15, -0.1) is 0 Å². The Bertz CT molecular complexity index is 485. The average molecular weight is 267 g/mol. The third-order valence-corrected chi connectivity index (χ3v) is 3.37. The van der Waals surface area contributed by atoms with Gasteiger partial charge in [-0.1, -0.05) is 0 Å². The fourth-order valence-corrected chi connectivity index (χ4v) is 2.25. The van der Waals surface area contributed by atoms with Crippen LogP contribution in [0.25, 0.3) is 0 Å². The highest BCUT2D eigenvalue weighted by molar-refractivity contribution is 5.74. The Morgan fingerprint density at radius 3 is 2.47 bits per heavy atom. The molecular formula is C13H18FN3O2. The smallest absolute Gasteiger partial charge is 0.219 e. The minimum Gasteiger partial charge on any atom is -0.494 e. The standard InChI is InChI=1S/C13H18FN3O2/c1-9(18)16-3-5-17(6-4-16)12-8-13(19-2)10(14)7-11(12)15/h7-8H,3-6,15H2,1-2H3. The SMILES string of the molecule is COc1cc(N2CCN(C(C)=O)CC2)c(N)cc1F. The van der Waals surface area contributed by atoms with Crippen LogP contribution in [0.15, 0.2) is 12.1 Å². The molecule has 1 fully saturated rings. The number of hydrogen-bond acceptors (Lipinski definition) is 4. The lowest BCUT2D eigenvalue weighted by Crippen LogP contribution is -2.48. The first-order valence-corrected chi connectivity index (χ1v) is 6.16. The average Bonchev–Trinajstić information content (AvgIpc) is 2.39. The minimum absolute atomic E-state index is 0.0734. The van der Waals surface area contributed by atoms with Crippen molar-refractivity contribution in [3.63, 3.8) is 0 Å². The molecule has 1 aliphatic rings. The summed E-state index contributed by atoms with van der Waals surface area (Å²) in [7, 11) is 1.42. The molecule has 0 saturated carbocycles. The van der Waals surface area contributed by atoms with Crippen LogP contribution in [0.3, 0.4) is 0 Å². The molecule has 0 radical (unpaired) electrons. The largest absolute Gasteiger partial charge is 0.494 e. The van der Waals surface area contributed by atoms with Crippen molar-refractivity contribution in [2.75, 3.05) is 43.9 Å². The fraction of sp³-hybridized carbons (Fsp3) is 0.462. The molecular weight excluding hydrogens is 249 g/mol. The summed E-state index contributed by atoms with van der Waals surface area (Å²) < 4.78 is 18.5. The van der Waals surface area contributed by atoms with Gasteiger partial charge in [-0.3, -0.25) is 4.79 Å². The molecule has 6 heteroatoms. The van der Waals surface area contributed by atoms with Gasteiger partial charge in [0, 0.05) is 45.2 Å². The van der Waals surface area contributed by atoms with Crippen molar-refractivity contribution in [3.8, 4) is 5.75 Å². The van der Waals surface area contributed by atoms with Gasteiger partial charge in [0.2, 0.25) is 5.91 Å². The zero-order valence-electron chi connectivity index (χ0n) is 11.1. The van der Waals surface area contributed by atoms with Crippen LogP contribution in [0.4, 0.5) is 15.8 Å². The lowest BCUT2D eigenvalue weighted by molar-refractivity contribution is -0.129. The minimum atomic E-state index is -0.467. The van der Waals surface area contributed by atoms with E-state index in [1.165, 1.54) is 13.2 Å². The summed E-state index contributed by atoms with van der Waals surface area (Å²) >= 11 is 0. The maximum atomic E-state index is 13.5. The number of nitrogen functional groups attached to an aromatic ring is 1. The van der Waals surface area contributed by atoms with E-state index in [0.717, 1.165) is 5.69 Å². The molecule has 0 spiro atoms. The van der Waals surface area contributed by atoms with Crippen LogP contribution in [-0.4, -0.2) is 44.1 Å². The molecule has 2 N–H and O–H groups in total. The van der Waals surface area contributed by atoms with E-state index >= 15 is 0 Å². The van der Waals surface area contributed by atoms with Gasteiger partial charge in [-0.2, -0.15) is 0 Å². The fourth-order valence-electron chi connectivity index (χ4n) is 2.25. The Kier molecular flexibility index (Phi) is 3.78. The molecule has 2 rings (SSSR count). The number of halogens is 1. The second kappa shape index (κ2) is 5.34. The Hall–Kier alpha value is -1.98. The number of rotatable bonds is 2.